The molecule has 0 amide bonds. The van der Waals surface area contributed by atoms with Crippen molar-refractivity contribution in [1.82, 2.24) is 10.2 Å². The second kappa shape index (κ2) is 8.20. The van der Waals surface area contributed by atoms with Gasteiger partial charge in [-0.2, -0.15) is 0 Å². The highest BCUT2D eigenvalue weighted by Gasteiger charge is 2.28. The van der Waals surface area contributed by atoms with Gasteiger partial charge in [-0.3, -0.25) is 0 Å². The molecule has 1 rings (SSSR count). The quantitative estimate of drug-likeness (QED) is 0.702. The second-order valence-corrected chi connectivity index (χ2v) is 6.32. The van der Waals surface area contributed by atoms with E-state index in [1.54, 1.807) is 0 Å². The minimum Gasteiger partial charge on any atom is -0.389 e. The van der Waals surface area contributed by atoms with E-state index >= 15 is 0 Å². The molecule has 0 aromatic carbocycles. The molecule has 2 atom stereocenters. The van der Waals surface area contributed by atoms with Gasteiger partial charge in [-0.1, -0.05) is 13.8 Å². The van der Waals surface area contributed by atoms with Crippen molar-refractivity contribution in [2.45, 2.75) is 52.2 Å². The molecule has 0 saturated carbocycles. The molecule has 1 aliphatic heterocycles. The van der Waals surface area contributed by atoms with E-state index in [9.17, 15) is 5.11 Å². The second-order valence-electron chi connectivity index (χ2n) is 6.32. The Bertz CT molecular complexity index is 241. The first-order valence-corrected chi connectivity index (χ1v) is 7.72. The van der Waals surface area contributed by atoms with Gasteiger partial charge in [0.25, 0.3) is 0 Å². The van der Waals surface area contributed by atoms with Gasteiger partial charge in [0, 0.05) is 31.7 Å². The van der Waals surface area contributed by atoms with E-state index < -0.39 is 5.60 Å². The van der Waals surface area contributed by atoms with Crippen LogP contribution in [0.1, 0.15) is 40.5 Å². The molecule has 0 spiro atoms. The zero-order valence-corrected chi connectivity index (χ0v) is 13.1. The Morgan fingerprint density at radius 1 is 1.37 bits per heavy atom. The molecule has 2 N–H and O–H groups in total. The predicted octanol–water partition coefficient (Wildman–Crippen LogP) is 1.48. The van der Waals surface area contributed by atoms with Gasteiger partial charge < -0.3 is 20.1 Å². The standard InChI is InChI=1S/C15H32N2O2/c1-5-8-16-14-7-9-19-11-13(14)10-17(6-2)12-15(3,4)18/h13-14,16,18H,5-12H2,1-4H3. The van der Waals surface area contributed by atoms with Crippen LogP contribution in [-0.4, -0.2) is 61.0 Å². The van der Waals surface area contributed by atoms with Gasteiger partial charge in [0.05, 0.1) is 12.2 Å². The Kier molecular flexibility index (Phi) is 7.29. The molecule has 0 radical (unpaired) electrons. The number of hydrogen-bond acceptors (Lipinski definition) is 4. The van der Waals surface area contributed by atoms with Crippen molar-refractivity contribution in [2.75, 3.05) is 39.4 Å². The fraction of sp³-hybridized carbons (Fsp3) is 1.00. The molecule has 0 aromatic heterocycles. The first-order chi connectivity index (χ1) is 8.96. The summed E-state index contributed by atoms with van der Waals surface area (Å²) in [6.45, 7) is 13.6. The summed E-state index contributed by atoms with van der Waals surface area (Å²) in [5.74, 6) is 0.530. The van der Waals surface area contributed by atoms with E-state index in [1.807, 2.05) is 13.8 Å². The lowest BCUT2D eigenvalue weighted by Gasteiger charge is -2.37. The largest absolute Gasteiger partial charge is 0.389 e. The molecule has 1 aliphatic rings. The van der Waals surface area contributed by atoms with Gasteiger partial charge in [-0.25, -0.2) is 0 Å². The number of likely N-dealkylation sites (N-methyl/N-ethyl adjacent to an activating group) is 1. The average molecular weight is 272 g/mol. The summed E-state index contributed by atoms with van der Waals surface area (Å²) in [5, 5.41) is 13.6. The summed E-state index contributed by atoms with van der Waals surface area (Å²) < 4.78 is 5.64. The molecule has 0 aromatic rings. The SMILES string of the molecule is CCCNC1CCOCC1CN(CC)CC(C)(C)O. The van der Waals surface area contributed by atoms with Crippen molar-refractivity contribution >= 4 is 0 Å². The Morgan fingerprint density at radius 3 is 2.68 bits per heavy atom. The van der Waals surface area contributed by atoms with Gasteiger partial charge in [-0.05, 0) is 39.8 Å². The van der Waals surface area contributed by atoms with Crippen molar-refractivity contribution in [3.8, 4) is 0 Å². The van der Waals surface area contributed by atoms with Gasteiger partial charge in [0.15, 0.2) is 0 Å². The zero-order chi connectivity index (χ0) is 14.3. The maximum absolute atomic E-state index is 9.97. The van der Waals surface area contributed by atoms with Crippen LogP contribution in [0.4, 0.5) is 0 Å². The molecule has 1 fully saturated rings. The molecule has 4 nitrogen and oxygen atoms in total. The summed E-state index contributed by atoms with van der Waals surface area (Å²) in [6.07, 6.45) is 2.27. The summed E-state index contributed by atoms with van der Waals surface area (Å²) >= 11 is 0. The first kappa shape index (κ1) is 16.9. The predicted molar refractivity (Wildman–Crippen MR) is 79.4 cm³/mol. The van der Waals surface area contributed by atoms with Crippen LogP contribution in [0.3, 0.4) is 0 Å². The Labute approximate surface area is 118 Å². The lowest BCUT2D eigenvalue weighted by Crippen LogP contribution is -2.50. The third-order valence-electron chi connectivity index (χ3n) is 3.68. The normalized spacial score (nSPS) is 24.9. The maximum atomic E-state index is 9.97. The molecule has 0 bridgehead atoms. The highest BCUT2D eigenvalue weighted by molar-refractivity contribution is 4.83. The number of hydrogen-bond donors (Lipinski definition) is 2. The Balaban J connectivity index is 2.49. The third kappa shape index (κ3) is 6.70. The number of nitrogens with zero attached hydrogens (tertiary/aromatic N) is 1. The zero-order valence-electron chi connectivity index (χ0n) is 13.1. The van der Waals surface area contributed by atoms with Crippen LogP contribution in [0.5, 0.6) is 0 Å². The van der Waals surface area contributed by atoms with Gasteiger partial charge in [-0.15, -0.1) is 0 Å². The summed E-state index contributed by atoms with van der Waals surface area (Å²) in [5.41, 5.74) is -0.627. The number of ether oxygens (including phenoxy) is 1. The van der Waals surface area contributed by atoms with Crippen molar-refractivity contribution in [3.63, 3.8) is 0 Å². The fourth-order valence-electron chi connectivity index (χ4n) is 2.76. The van der Waals surface area contributed by atoms with E-state index in [0.29, 0.717) is 12.0 Å². The molecule has 114 valence electrons. The van der Waals surface area contributed by atoms with Crippen molar-refractivity contribution in [1.29, 1.82) is 0 Å². The van der Waals surface area contributed by atoms with E-state index in [-0.39, 0.29) is 0 Å². The average Bonchev–Trinajstić information content (AvgIpc) is 2.35. The van der Waals surface area contributed by atoms with Crippen LogP contribution in [0.25, 0.3) is 0 Å². The fourth-order valence-corrected chi connectivity index (χ4v) is 2.76. The highest BCUT2D eigenvalue weighted by atomic mass is 16.5. The molecule has 1 heterocycles. The molecule has 19 heavy (non-hydrogen) atoms. The number of aliphatic hydroxyl groups is 1. The molecule has 4 heteroatoms. The summed E-state index contributed by atoms with van der Waals surface area (Å²) in [4.78, 5) is 2.33. The topological polar surface area (TPSA) is 44.7 Å². The van der Waals surface area contributed by atoms with Gasteiger partial charge >= 0.3 is 0 Å². The monoisotopic (exact) mass is 272 g/mol. The van der Waals surface area contributed by atoms with Crippen molar-refractivity contribution in [3.05, 3.63) is 0 Å². The summed E-state index contributed by atoms with van der Waals surface area (Å²) in [6, 6.07) is 0.560. The van der Waals surface area contributed by atoms with Gasteiger partial charge in [0.2, 0.25) is 0 Å². The van der Waals surface area contributed by atoms with Crippen LogP contribution in [0.15, 0.2) is 0 Å². The highest BCUT2D eigenvalue weighted by Crippen LogP contribution is 2.17. The van der Waals surface area contributed by atoms with Crippen LogP contribution in [0.2, 0.25) is 0 Å². The van der Waals surface area contributed by atoms with E-state index in [4.69, 9.17) is 4.74 Å². The maximum Gasteiger partial charge on any atom is 0.0718 e. The molecular formula is C15H32N2O2. The van der Waals surface area contributed by atoms with Crippen LogP contribution < -0.4 is 5.32 Å². The Morgan fingerprint density at radius 2 is 2.11 bits per heavy atom. The summed E-state index contributed by atoms with van der Waals surface area (Å²) in [7, 11) is 0. The number of nitrogens with one attached hydrogen (secondary N) is 1. The first-order valence-electron chi connectivity index (χ1n) is 7.72. The third-order valence-corrected chi connectivity index (χ3v) is 3.68. The van der Waals surface area contributed by atoms with E-state index in [1.165, 1.54) is 6.42 Å². The lowest BCUT2D eigenvalue weighted by molar-refractivity contribution is -0.00481. The Hall–Kier alpha value is -0.160. The number of rotatable bonds is 8. The van der Waals surface area contributed by atoms with E-state index in [0.717, 1.165) is 45.8 Å². The van der Waals surface area contributed by atoms with Gasteiger partial charge in [0.1, 0.15) is 0 Å². The minimum atomic E-state index is -0.627. The molecule has 0 aliphatic carbocycles. The van der Waals surface area contributed by atoms with Crippen molar-refractivity contribution in [2.24, 2.45) is 5.92 Å². The smallest absolute Gasteiger partial charge is 0.0718 e. The minimum absolute atomic E-state index is 0.530. The van der Waals surface area contributed by atoms with Crippen LogP contribution in [-0.2, 0) is 4.74 Å². The molecule has 1 saturated heterocycles. The lowest BCUT2D eigenvalue weighted by atomic mass is 9.94. The molecule has 2 unspecified atom stereocenters. The van der Waals surface area contributed by atoms with Crippen LogP contribution in [0, 0.1) is 5.92 Å². The van der Waals surface area contributed by atoms with E-state index in [2.05, 4.69) is 24.1 Å². The molecular weight excluding hydrogens is 240 g/mol. The van der Waals surface area contributed by atoms with Crippen molar-refractivity contribution < 1.29 is 9.84 Å². The van der Waals surface area contributed by atoms with Crippen LogP contribution >= 0.6 is 0 Å².